The Labute approximate surface area is 190 Å². The van der Waals surface area contributed by atoms with Crippen molar-refractivity contribution in [2.75, 3.05) is 33.9 Å². The van der Waals surface area contributed by atoms with E-state index in [1.165, 1.54) is 32.4 Å². The van der Waals surface area contributed by atoms with Crippen molar-refractivity contribution in [2.24, 2.45) is 0 Å². The van der Waals surface area contributed by atoms with Crippen LogP contribution < -0.4 is 18.9 Å². The molecular formula is C23H24N2O8. The molecule has 2 aliphatic heterocycles. The molecular weight excluding hydrogens is 432 g/mol. The summed E-state index contributed by atoms with van der Waals surface area (Å²) in [4.78, 5) is 37.7. The number of para-hydroxylation sites is 2. The van der Waals surface area contributed by atoms with Gasteiger partial charge in [-0.15, -0.1) is 0 Å². The van der Waals surface area contributed by atoms with Crippen LogP contribution in [0, 0.1) is 10.1 Å². The number of rotatable bonds is 6. The molecule has 0 unspecified atom stereocenters. The Bertz CT molecular complexity index is 1090. The summed E-state index contributed by atoms with van der Waals surface area (Å²) in [6.07, 6.45) is 1.12. The molecule has 0 aliphatic carbocycles. The molecule has 0 N–H and O–H groups in total. The monoisotopic (exact) mass is 456 g/mol. The first kappa shape index (κ1) is 22.4. The molecule has 174 valence electrons. The highest BCUT2D eigenvalue weighted by molar-refractivity contribution is 6.01. The van der Waals surface area contributed by atoms with E-state index in [1.54, 1.807) is 23.1 Å². The number of Topliss-reactive ketones (excluding diaryl/α,β-unsaturated/α-hetero) is 1. The van der Waals surface area contributed by atoms with Gasteiger partial charge < -0.3 is 23.8 Å². The van der Waals surface area contributed by atoms with E-state index in [2.05, 4.69) is 0 Å². The topological polar surface area (TPSA) is 117 Å². The number of fused-ring (bicyclic) bond motifs is 1. The number of likely N-dealkylation sites (tertiary alicyclic amines) is 1. The van der Waals surface area contributed by atoms with E-state index >= 15 is 0 Å². The first-order chi connectivity index (χ1) is 15.9. The van der Waals surface area contributed by atoms with Gasteiger partial charge in [0.1, 0.15) is 5.60 Å². The summed E-state index contributed by atoms with van der Waals surface area (Å²) in [5, 5.41) is 11.1. The molecule has 4 rings (SSSR count). The Morgan fingerprint density at radius 2 is 1.85 bits per heavy atom. The second kappa shape index (κ2) is 8.97. The number of benzene rings is 2. The van der Waals surface area contributed by atoms with E-state index in [1.807, 2.05) is 0 Å². The van der Waals surface area contributed by atoms with E-state index in [-0.39, 0.29) is 36.2 Å². The lowest BCUT2D eigenvalue weighted by Crippen LogP contribution is -2.53. The quantitative estimate of drug-likeness (QED) is 0.481. The molecule has 2 aromatic rings. The van der Waals surface area contributed by atoms with Crippen LogP contribution in [0.25, 0.3) is 0 Å². The third kappa shape index (κ3) is 4.28. The molecule has 1 fully saturated rings. The van der Waals surface area contributed by atoms with E-state index in [0.717, 1.165) is 0 Å². The molecule has 1 spiro atoms. The Hall–Kier alpha value is -3.82. The van der Waals surface area contributed by atoms with Crippen molar-refractivity contribution in [1.82, 2.24) is 4.90 Å². The molecule has 0 bridgehead atoms. The maximum absolute atomic E-state index is 12.9. The smallest absolute Gasteiger partial charge is 0.310 e. The molecule has 2 heterocycles. The lowest BCUT2D eigenvalue weighted by molar-refractivity contribution is -0.385. The summed E-state index contributed by atoms with van der Waals surface area (Å²) in [7, 11) is 3.01. The maximum Gasteiger partial charge on any atom is 0.310 e. The third-order valence-corrected chi connectivity index (χ3v) is 6.04. The van der Waals surface area contributed by atoms with Gasteiger partial charge in [-0.1, -0.05) is 12.1 Å². The largest absolute Gasteiger partial charge is 0.493 e. The predicted octanol–water partition coefficient (Wildman–Crippen LogP) is 3.02. The minimum absolute atomic E-state index is 0.0446. The number of amides is 1. The van der Waals surface area contributed by atoms with Crippen LogP contribution >= 0.6 is 0 Å². The molecule has 2 aliphatic rings. The number of nitro benzene ring substituents is 1. The number of nitrogens with zero attached hydrogens (tertiary/aromatic N) is 2. The molecule has 0 saturated carbocycles. The third-order valence-electron chi connectivity index (χ3n) is 6.04. The Morgan fingerprint density at radius 1 is 1.12 bits per heavy atom. The van der Waals surface area contributed by atoms with Crippen molar-refractivity contribution in [1.29, 1.82) is 0 Å². The number of nitro groups is 1. The lowest BCUT2D eigenvalue weighted by Gasteiger charge is -2.44. The van der Waals surface area contributed by atoms with E-state index < -0.39 is 10.5 Å². The second-order valence-electron chi connectivity index (χ2n) is 7.96. The fourth-order valence-electron chi connectivity index (χ4n) is 4.26. The van der Waals surface area contributed by atoms with Crippen molar-refractivity contribution in [3.8, 4) is 23.0 Å². The molecule has 10 nitrogen and oxygen atoms in total. The van der Waals surface area contributed by atoms with Crippen LogP contribution in [0.2, 0.25) is 0 Å². The Morgan fingerprint density at radius 3 is 2.52 bits per heavy atom. The van der Waals surface area contributed by atoms with Crippen molar-refractivity contribution < 1.29 is 33.5 Å². The normalized spacial score (nSPS) is 16.5. The molecule has 0 atom stereocenters. The summed E-state index contributed by atoms with van der Waals surface area (Å²) in [5.74, 6) is 0.928. The summed E-state index contributed by atoms with van der Waals surface area (Å²) in [6.45, 7) is 0.424. The van der Waals surface area contributed by atoms with Crippen molar-refractivity contribution in [2.45, 2.75) is 24.9 Å². The van der Waals surface area contributed by atoms with Crippen molar-refractivity contribution in [3.63, 3.8) is 0 Å². The van der Waals surface area contributed by atoms with Gasteiger partial charge in [-0.2, -0.15) is 0 Å². The Balaban J connectivity index is 1.42. The van der Waals surface area contributed by atoms with E-state index in [0.29, 0.717) is 48.7 Å². The average Bonchev–Trinajstić information content (AvgIpc) is 2.82. The molecule has 0 aromatic heterocycles. The minimum Gasteiger partial charge on any atom is -0.493 e. The lowest BCUT2D eigenvalue weighted by atomic mass is 9.82. The minimum atomic E-state index is -0.737. The fraction of sp³-hybridized carbons (Fsp3) is 0.391. The SMILES string of the molecule is COc1ccc2c(c1OC)OC1(CCN(C(=O)COc3ccccc3[N+](=O)[O-])CC1)CC2=O. The van der Waals surface area contributed by atoms with Gasteiger partial charge in [0.2, 0.25) is 5.75 Å². The van der Waals surface area contributed by atoms with E-state index in [9.17, 15) is 19.7 Å². The summed E-state index contributed by atoms with van der Waals surface area (Å²) in [6, 6.07) is 9.27. The fourth-order valence-corrected chi connectivity index (χ4v) is 4.26. The van der Waals surface area contributed by atoms with Gasteiger partial charge in [0.25, 0.3) is 5.91 Å². The molecule has 10 heteroatoms. The van der Waals surface area contributed by atoms with Gasteiger partial charge in [0.15, 0.2) is 29.6 Å². The van der Waals surface area contributed by atoms with Gasteiger partial charge in [-0.25, -0.2) is 0 Å². The number of piperidine rings is 1. The highest BCUT2D eigenvalue weighted by Gasteiger charge is 2.45. The highest BCUT2D eigenvalue weighted by atomic mass is 16.6. The van der Waals surface area contributed by atoms with Crippen LogP contribution in [-0.4, -0.2) is 61.0 Å². The Kier molecular flexibility index (Phi) is 6.08. The van der Waals surface area contributed by atoms with E-state index in [4.69, 9.17) is 18.9 Å². The number of hydrogen-bond acceptors (Lipinski definition) is 8. The number of hydrogen-bond donors (Lipinski definition) is 0. The number of carbonyl (C=O) groups is 2. The van der Waals surface area contributed by atoms with Gasteiger partial charge in [-0.3, -0.25) is 19.7 Å². The molecule has 33 heavy (non-hydrogen) atoms. The average molecular weight is 456 g/mol. The van der Waals surface area contributed by atoms with Crippen LogP contribution in [0.4, 0.5) is 5.69 Å². The maximum atomic E-state index is 12.9. The number of carbonyl (C=O) groups excluding carboxylic acids is 2. The zero-order chi connectivity index (χ0) is 23.6. The molecule has 0 radical (unpaired) electrons. The van der Waals surface area contributed by atoms with Crippen LogP contribution in [0.1, 0.15) is 29.6 Å². The first-order valence-electron chi connectivity index (χ1n) is 10.5. The zero-order valence-electron chi connectivity index (χ0n) is 18.4. The zero-order valence-corrected chi connectivity index (χ0v) is 18.4. The molecule has 2 aromatic carbocycles. The van der Waals surface area contributed by atoms with Crippen LogP contribution in [0.5, 0.6) is 23.0 Å². The summed E-state index contributed by atoms with van der Waals surface area (Å²) >= 11 is 0. The number of ether oxygens (including phenoxy) is 4. The van der Waals surface area contributed by atoms with Crippen LogP contribution in [0.15, 0.2) is 36.4 Å². The number of ketones is 1. The standard InChI is InChI=1S/C23H24N2O8/c1-30-19-8-7-15-17(26)13-23(33-21(15)22(19)31-2)9-11-24(12-10-23)20(27)14-32-18-6-4-3-5-16(18)25(28)29/h3-8H,9-14H2,1-2H3. The predicted molar refractivity (Wildman–Crippen MR) is 116 cm³/mol. The molecule has 1 amide bonds. The van der Waals surface area contributed by atoms with Crippen LogP contribution in [0.3, 0.4) is 0 Å². The van der Waals surface area contributed by atoms with Gasteiger partial charge in [0.05, 0.1) is 31.1 Å². The van der Waals surface area contributed by atoms with Crippen molar-refractivity contribution in [3.05, 3.63) is 52.1 Å². The first-order valence-corrected chi connectivity index (χ1v) is 10.5. The van der Waals surface area contributed by atoms with Gasteiger partial charge in [0, 0.05) is 32.0 Å². The van der Waals surface area contributed by atoms with Gasteiger partial charge in [-0.05, 0) is 18.2 Å². The molecule has 1 saturated heterocycles. The van der Waals surface area contributed by atoms with Gasteiger partial charge >= 0.3 is 5.69 Å². The second-order valence-corrected chi connectivity index (χ2v) is 7.96. The highest BCUT2D eigenvalue weighted by Crippen LogP contribution is 2.47. The summed E-state index contributed by atoms with van der Waals surface area (Å²) < 4.78 is 22.5. The number of methoxy groups -OCH3 is 2. The van der Waals surface area contributed by atoms with Crippen molar-refractivity contribution >= 4 is 17.4 Å². The summed E-state index contributed by atoms with van der Waals surface area (Å²) in [5.41, 5.74) is -0.478. The van der Waals surface area contributed by atoms with Crippen LogP contribution in [-0.2, 0) is 4.79 Å².